The van der Waals surface area contributed by atoms with Crippen molar-refractivity contribution in [1.29, 1.82) is 0 Å². The Labute approximate surface area is 132 Å². The highest BCUT2D eigenvalue weighted by Gasteiger charge is 2.30. The highest BCUT2D eigenvalue weighted by Crippen LogP contribution is 2.36. The molecule has 0 aromatic heterocycles. The zero-order valence-corrected chi connectivity index (χ0v) is 13.8. The molecule has 1 N–H and O–H groups in total. The van der Waals surface area contributed by atoms with Gasteiger partial charge in [0.2, 0.25) is 0 Å². The van der Waals surface area contributed by atoms with E-state index in [0.29, 0.717) is 5.92 Å². The SMILES string of the molecule is CCCN1CCCCC(CNC)C1c1ccc(Cl)c(F)c1. The number of rotatable bonds is 5. The summed E-state index contributed by atoms with van der Waals surface area (Å²) >= 11 is 5.85. The summed E-state index contributed by atoms with van der Waals surface area (Å²) in [5.41, 5.74) is 1.06. The van der Waals surface area contributed by atoms with Crippen LogP contribution in [0.4, 0.5) is 4.39 Å². The number of benzene rings is 1. The molecule has 0 amide bonds. The van der Waals surface area contributed by atoms with Gasteiger partial charge in [-0.05, 0) is 69.6 Å². The van der Waals surface area contributed by atoms with Gasteiger partial charge >= 0.3 is 0 Å². The summed E-state index contributed by atoms with van der Waals surface area (Å²) < 4.78 is 13.9. The zero-order valence-electron chi connectivity index (χ0n) is 13.0. The largest absolute Gasteiger partial charge is 0.319 e. The second-order valence-electron chi connectivity index (χ2n) is 5.97. The zero-order chi connectivity index (χ0) is 15.2. The van der Waals surface area contributed by atoms with Crippen molar-refractivity contribution < 1.29 is 4.39 Å². The van der Waals surface area contributed by atoms with Crippen LogP contribution < -0.4 is 5.32 Å². The predicted octanol–water partition coefficient (Wildman–Crippen LogP) is 4.25. The van der Waals surface area contributed by atoms with Crippen LogP contribution in [-0.2, 0) is 0 Å². The van der Waals surface area contributed by atoms with Crippen LogP contribution in [0.3, 0.4) is 0 Å². The van der Waals surface area contributed by atoms with Crippen LogP contribution in [0.25, 0.3) is 0 Å². The number of halogens is 2. The van der Waals surface area contributed by atoms with Gasteiger partial charge in [0.05, 0.1) is 5.02 Å². The Balaban J connectivity index is 2.34. The van der Waals surface area contributed by atoms with Crippen molar-refractivity contribution in [3.05, 3.63) is 34.6 Å². The first-order valence-corrected chi connectivity index (χ1v) is 8.38. The molecule has 1 fully saturated rings. The molecule has 1 aliphatic rings. The van der Waals surface area contributed by atoms with E-state index in [2.05, 4.69) is 17.1 Å². The van der Waals surface area contributed by atoms with Gasteiger partial charge in [-0.2, -0.15) is 0 Å². The number of likely N-dealkylation sites (tertiary alicyclic amines) is 1. The summed E-state index contributed by atoms with van der Waals surface area (Å²) in [5, 5.41) is 3.52. The molecule has 1 aromatic carbocycles. The lowest BCUT2D eigenvalue weighted by Gasteiger charge is -2.35. The molecule has 1 aliphatic heterocycles. The molecule has 1 heterocycles. The summed E-state index contributed by atoms with van der Waals surface area (Å²) in [5.74, 6) is 0.211. The Morgan fingerprint density at radius 3 is 2.86 bits per heavy atom. The van der Waals surface area contributed by atoms with Gasteiger partial charge in [0.25, 0.3) is 0 Å². The van der Waals surface area contributed by atoms with Crippen LogP contribution in [0, 0.1) is 11.7 Å². The molecule has 0 bridgehead atoms. The van der Waals surface area contributed by atoms with E-state index >= 15 is 0 Å². The van der Waals surface area contributed by atoms with E-state index in [4.69, 9.17) is 11.6 Å². The van der Waals surface area contributed by atoms with Gasteiger partial charge in [-0.1, -0.05) is 31.0 Å². The molecule has 0 saturated carbocycles. The lowest BCUT2D eigenvalue weighted by molar-refractivity contribution is 0.154. The van der Waals surface area contributed by atoms with Gasteiger partial charge in [0, 0.05) is 6.04 Å². The molecule has 1 aromatic rings. The van der Waals surface area contributed by atoms with Gasteiger partial charge in [0.1, 0.15) is 5.82 Å². The highest BCUT2D eigenvalue weighted by molar-refractivity contribution is 6.30. The highest BCUT2D eigenvalue weighted by atomic mass is 35.5. The van der Waals surface area contributed by atoms with E-state index in [0.717, 1.165) is 31.6 Å². The van der Waals surface area contributed by atoms with E-state index in [1.165, 1.54) is 19.3 Å². The van der Waals surface area contributed by atoms with Crippen molar-refractivity contribution in [1.82, 2.24) is 10.2 Å². The molecule has 4 heteroatoms. The molecule has 2 rings (SSSR count). The maximum absolute atomic E-state index is 13.9. The molecule has 21 heavy (non-hydrogen) atoms. The first-order valence-electron chi connectivity index (χ1n) is 8.01. The van der Waals surface area contributed by atoms with Crippen molar-refractivity contribution in [2.45, 2.75) is 38.6 Å². The Kier molecular flexibility index (Phi) is 6.46. The summed E-state index contributed by atoms with van der Waals surface area (Å²) in [4.78, 5) is 2.53. The monoisotopic (exact) mass is 312 g/mol. The molecule has 1 saturated heterocycles. The molecule has 2 nitrogen and oxygen atoms in total. The van der Waals surface area contributed by atoms with Crippen LogP contribution in [0.1, 0.15) is 44.2 Å². The van der Waals surface area contributed by atoms with Crippen LogP contribution >= 0.6 is 11.6 Å². The quantitative estimate of drug-likeness (QED) is 0.874. The normalized spacial score (nSPS) is 24.0. The minimum atomic E-state index is -0.307. The smallest absolute Gasteiger partial charge is 0.142 e. The summed E-state index contributed by atoms with van der Waals surface area (Å²) in [6.45, 7) is 5.34. The molecule has 0 spiro atoms. The first kappa shape index (κ1) is 16.7. The average molecular weight is 313 g/mol. The molecule has 0 radical (unpaired) electrons. The minimum Gasteiger partial charge on any atom is -0.319 e. The van der Waals surface area contributed by atoms with Gasteiger partial charge in [-0.25, -0.2) is 4.39 Å². The molecule has 2 unspecified atom stereocenters. The van der Waals surface area contributed by atoms with Gasteiger partial charge in [-0.3, -0.25) is 4.90 Å². The third-order valence-corrected chi connectivity index (χ3v) is 4.68. The van der Waals surface area contributed by atoms with Crippen LogP contribution in [0.5, 0.6) is 0 Å². The van der Waals surface area contributed by atoms with E-state index in [1.54, 1.807) is 12.1 Å². The van der Waals surface area contributed by atoms with Crippen LogP contribution in [-0.4, -0.2) is 31.6 Å². The standard InChI is InChI=1S/C17H26ClFN2/c1-3-9-21-10-5-4-6-14(12-20-2)17(21)13-7-8-15(18)16(19)11-13/h7-8,11,14,17,20H,3-6,9-10,12H2,1-2H3. The summed E-state index contributed by atoms with van der Waals surface area (Å²) in [6, 6.07) is 5.60. The fraction of sp³-hybridized carbons (Fsp3) is 0.647. The van der Waals surface area contributed by atoms with Gasteiger partial charge < -0.3 is 5.32 Å². The van der Waals surface area contributed by atoms with Crippen molar-refractivity contribution in [2.75, 3.05) is 26.7 Å². The van der Waals surface area contributed by atoms with Crippen molar-refractivity contribution >= 4 is 11.6 Å². The average Bonchev–Trinajstić information content (AvgIpc) is 2.66. The second kappa shape index (κ2) is 8.11. The lowest BCUT2D eigenvalue weighted by Crippen LogP contribution is -2.37. The van der Waals surface area contributed by atoms with E-state index in [1.807, 2.05) is 13.1 Å². The Bertz CT molecular complexity index is 436. The minimum absolute atomic E-state index is 0.208. The van der Waals surface area contributed by atoms with E-state index < -0.39 is 0 Å². The van der Waals surface area contributed by atoms with Crippen LogP contribution in [0.15, 0.2) is 18.2 Å². The third kappa shape index (κ3) is 4.18. The molecule has 0 aliphatic carbocycles. The topological polar surface area (TPSA) is 15.3 Å². The fourth-order valence-corrected chi connectivity index (χ4v) is 3.63. The molecular formula is C17H26ClFN2. The predicted molar refractivity (Wildman–Crippen MR) is 87.3 cm³/mol. The van der Waals surface area contributed by atoms with Gasteiger partial charge in [0.15, 0.2) is 0 Å². The van der Waals surface area contributed by atoms with Crippen LogP contribution in [0.2, 0.25) is 5.02 Å². The Morgan fingerprint density at radius 2 is 2.19 bits per heavy atom. The number of nitrogens with zero attached hydrogens (tertiary/aromatic N) is 1. The maximum Gasteiger partial charge on any atom is 0.142 e. The summed E-state index contributed by atoms with van der Waals surface area (Å²) in [6.07, 6.45) is 4.79. The number of hydrogen-bond acceptors (Lipinski definition) is 2. The second-order valence-corrected chi connectivity index (χ2v) is 6.38. The van der Waals surface area contributed by atoms with E-state index in [-0.39, 0.29) is 16.9 Å². The Hall–Kier alpha value is -0.640. The summed E-state index contributed by atoms with van der Waals surface area (Å²) in [7, 11) is 1.99. The molecular weight excluding hydrogens is 287 g/mol. The number of nitrogens with one attached hydrogen (secondary N) is 1. The van der Waals surface area contributed by atoms with Crippen molar-refractivity contribution in [3.63, 3.8) is 0 Å². The molecule has 118 valence electrons. The first-order chi connectivity index (χ1) is 10.2. The Morgan fingerprint density at radius 1 is 1.38 bits per heavy atom. The molecule has 2 atom stereocenters. The third-order valence-electron chi connectivity index (χ3n) is 4.37. The fourth-order valence-electron chi connectivity index (χ4n) is 3.51. The van der Waals surface area contributed by atoms with Gasteiger partial charge in [-0.15, -0.1) is 0 Å². The lowest BCUT2D eigenvalue weighted by atomic mass is 9.89. The number of hydrogen-bond donors (Lipinski definition) is 1. The maximum atomic E-state index is 13.9. The van der Waals surface area contributed by atoms with Crippen molar-refractivity contribution in [2.24, 2.45) is 5.92 Å². The van der Waals surface area contributed by atoms with E-state index in [9.17, 15) is 4.39 Å². The van der Waals surface area contributed by atoms with Crippen molar-refractivity contribution in [3.8, 4) is 0 Å².